The van der Waals surface area contributed by atoms with Crippen molar-refractivity contribution in [1.82, 2.24) is 0 Å². The molecule has 0 aliphatic heterocycles. The first-order valence-corrected chi connectivity index (χ1v) is 6.76. The van der Waals surface area contributed by atoms with Crippen LogP contribution < -0.4 is 5.63 Å². The van der Waals surface area contributed by atoms with Gasteiger partial charge in [0.2, 0.25) is 0 Å². The zero-order chi connectivity index (χ0) is 17.5. The quantitative estimate of drug-likeness (QED) is 0.409. The zero-order valence-corrected chi connectivity index (χ0v) is 15.7. The molecule has 0 atom stereocenters. The molecule has 6 nitrogen and oxygen atoms in total. The van der Waals surface area contributed by atoms with Crippen LogP contribution in [0.3, 0.4) is 0 Å². The molecule has 0 saturated heterocycles. The molecule has 145 valence electrons. The number of halogens is 3. The summed E-state index contributed by atoms with van der Waals surface area (Å²) < 4.78 is 42.4. The number of carbonyl (C=O) groups is 1. The van der Waals surface area contributed by atoms with Crippen molar-refractivity contribution in [2.45, 2.75) is 6.18 Å². The second-order valence-corrected chi connectivity index (χ2v) is 5.02. The molecule has 0 aliphatic carbocycles. The van der Waals surface area contributed by atoms with E-state index in [9.17, 15) is 27.9 Å². The maximum Gasteiger partial charge on any atom is 0.455 e. The van der Waals surface area contributed by atoms with Crippen LogP contribution in [0.4, 0.5) is 13.2 Å². The van der Waals surface area contributed by atoms with Gasteiger partial charge >= 0.3 is 11.8 Å². The Morgan fingerprint density at radius 1 is 0.963 bits per heavy atom. The molecular weight excluding hydrogens is 509 g/mol. The first-order valence-electron chi connectivity index (χ1n) is 6.76. The Hall–Kier alpha value is -1.59. The number of Topliss-reactive ketones (excluding diaryl/α,β-unsaturated/α-hetero) is 1. The van der Waals surface area contributed by atoms with E-state index >= 15 is 0 Å². The van der Waals surface area contributed by atoms with Crippen molar-refractivity contribution in [3.63, 3.8) is 0 Å². The average Bonchev–Trinajstić information content (AvgIpc) is 2.54. The third-order valence-electron chi connectivity index (χ3n) is 3.47. The number of carbonyl (C=O) groups excluding carboxylic acids is 1. The molecule has 2 aromatic carbocycles. The van der Waals surface area contributed by atoms with E-state index in [0.29, 0.717) is 5.56 Å². The molecule has 0 unspecified atom stereocenters. The summed E-state index contributed by atoms with van der Waals surface area (Å²) in [5.74, 6) is -3.48. The van der Waals surface area contributed by atoms with E-state index in [1.807, 2.05) is 6.07 Å². The van der Waals surface area contributed by atoms with Crippen molar-refractivity contribution >= 4 is 16.8 Å². The smallest absolute Gasteiger partial charge is 0.455 e. The van der Waals surface area contributed by atoms with Crippen molar-refractivity contribution in [2.24, 2.45) is 0 Å². The van der Waals surface area contributed by atoms with Crippen molar-refractivity contribution in [3.05, 3.63) is 64.5 Å². The maximum atomic E-state index is 12.5. The molecule has 0 fully saturated rings. The number of hydrogen-bond acceptors (Lipinski definition) is 4. The first kappa shape index (κ1) is 25.4. The van der Waals surface area contributed by atoms with Gasteiger partial charge in [0.25, 0.3) is 5.78 Å². The minimum absolute atomic E-state index is 0. The van der Waals surface area contributed by atoms with Gasteiger partial charge in [-0.2, -0.15) is 13.2 Å². The molecule has 0 saturated carbocycles. The molecule has 0 spiro atoms. The summed E-state index contributed by atoms with van der Waals surface area (Å²) in [5, 5.41) is 9.79. The molecule has 3 rings (SSSR count). The van der Waals surface area contributed by atoms with Crippen LogP contribution in [-0.4, -0.2) is 28.0 Å². The fourth-order valence-corrected chi connectivity index (χ4v) is 2.34. The Bertz CT molecular complexity index is 999. The molecule has 0 aliphatic rings. The normalized spacial score (nSPS) is 10.3. The van der Waals surface area contributed by atoms with Crippen LogP contribution in [0.5, 0.6) is 5.75 Å². The SMILES string of the molecule is O.O.O=C(c1c(O)c2ccc(-c3ccccc3)cc2oc1=O)C(F)(F)F.[Eu]. The van der Waals surface area contributed by atoms with Gasteiger partial charge in [0.05, 0.1) is 5.39 Å². The number of alkyl halides is 3. The van der Waals surface area contributed by atoms with Gasteiger partial charge in [-0.1, -0.05) is 36.4 Å². The summed E-state index contributed by atoms with van der Waals surface area (Å²) in [5.41, 5.74) is -1.63. The summed E-state index contributed by atoms with van der Waals surface area (Å²) in [6, 6.07) is 13.2. The van der Waals surface area contributed by atoms with Gasteiger partial charge in [-0.25, -0.2) is 4.79 Å². The summed E-state index contributed by atoms with van der Waals surface area (Å²) in [6.07, 6.45) is -5.29. The molecule has 27 heavy (non-hydrogen) atoms. The topological polar surface area (TPSA) is 131 Å². The Balaban J connectivity index is 0.00000225. The van der Waals surface area contributed by atoms with E-state index in [2.05, 4.69) is 0 Å². The predicted octanol–water partition coefficient (Wildman–Crippen LogP) is 2.26. The standard InChI is InChI=1S/C17H9F3O4.Eu.2H2O/c18-17(19,20)15(22)13-14(21)11-7-6-10(8-12(11)24-16(13)23)9-4-2-1-3-5-9;;;/h1-8,21H;;2*1H2. The van der Waals surface area contributed by atoms with Crippen LogP contribution in [0, 0.1) is 49.4 Å². The van der Waals surface area contributed by atoms with Crippen LogP contribution in [-0.2, 0) is 0 Å². The first-order chi connectivity index (χ1) is 11.3. The maximum absolute atomic E-state index is 12.5. The van der Waals surface area contributed by atoms with Gasteiger partial charge in [-0.3, -0.25) is 4.79 Å². The second kappa shape index (κ2) is 9.56. The van der Waals surface area contributed by atoms with Gasteiger partial charge in [0.1, 0.15) is 11.3 Å². The van der Waals surface area contributed by atoms with Crippen molar-refractivity contribution in [2.75, 3.05) is 0 Å². The van der Waals surface area contributed by atoms with Crippen LogP contribution in [0.2, 0.25) is 0 Å². The molecule has 0 bridgehead atoms. The van der Waals surface area contributed by atoms with E-state index in [0.717, 1.165) is 5.56 Å². The Morgan fingerprint density at radius 3 is 2.11 bits per heavy atom. The third-order valence-corrected chi connectivity index (χ3v) is 3.47. The van der Waals surface area contributed by atoms with E-state index in [1.54, 1.807) is 30.3 Å². The summed E-state index contributed by atoms with van der Waals surface area (Å²) in [6.45, 7) is 0. The minimum atomic E-state index is -5.29. The van der Waals surface area contributed by atoms with Crippen LogP contribution >= 0.6 is 0 Å². The molecule has 3 aromatic rings. The van der Waals surface area contributed by atoms with E-state index in [1.165, 1.54) is 12.1 Å². The fraction of sp³-hybridized carbons (Fsp3) is 0.0588. The largest absolute Gasteiger partial charge is 0.506 e. The van der Waals surface area contributed by atoms with Gasteiger partial charge in [-0.15, -0.1) is 0 Å². The van der Waals surface area contributed by atoms with Crippen LogP contribution in [0.15, 0.2) is 57.7 Å². The van der Waals surface area contributed by atoms with Gasteiger partial charge in [0, 0.05) is 49.4 Å². The summed E-state index contributed by atoms with van der Waals surface area (Å²) in [4.78, 5) is 23.0. The Kier molecular flexibility index (Phi) is 9.00. The van der Waals surface area contributed by atoms with Crippen molar-refractivity contribution in [3.8, 4) is 16.9 Å². The fourth-order valence-electron chi connectivity index (χ4n) is 2.34. The molecule has 1 radical (unpaired) electrons. The average molecular weight is 522 g/mol. The van der Waals surface area contributed by atoms with Gasteiger partial charge in [0.15, 0.2) is 5.56 Å². The van der Waals surface area contributed by atoms with Crippen LogP contribution in [0.1, 0.15) is 10.4 Å². The van der Waals surface area contributed by atoms with E-state index < -0.39 is 28.9 Å². The van der Waals surface area contributed by atoms with Crippen molar-refractivity contribution < 1.29 is 87.8 Å². The minimum Gasteiger partial charge on any atom is -0.506 e. The zero-order valence-electron chi connectivity index (χ0n) is 13.3. The molecule has 1 heterocycles. The molecule has 5 N–H and O–H groups in total. The van der Waals surface area contributed by atoms with Gasteiger partial charge < -0.3 is 20.5 Å². The molecular formula is C17H13EuF3O6. The second-order valence-electron chi connectivity index (χ2n) is 5.02. The predicted molar refractivity (Wildman–Crippen MR) is 87.2 cm³/mol. The number of ketones is 1. The number of rotatable bonds is 2. The monoisotopic (exact) mass is 523 g/mol. The van der Waals surface area contributed by atoms with Crippen molar-refractivity contribution in [1.29, 1.82) is 0 Å². The molecule has 0 amide bonds. The third kappa shape index (κ3) is 5.02. The Morgan fingerprint density at radius 2 is 1.56 bits per heavy atom. The number of benzene rings is 2. The van der Waals surface area contributed by atoms with E-state index in [4.69, 9.17) is 4.42 Å². The summed E-state index contributed by atoms with van der Waals surface area (Å²) in [7, 11) is 0. The number of hydrogen-bond donors (Lipinski definition) is 1. The molecule has 1 aromatic heterocycles. The summed E-state index contributed by atoms with van der Waals surface area (Å²) >= 11 is 0. The Labute approximate surface area is 190 Å². The number of fused-ring (bicyclic) bond motifs is 1. The van der Waals surface area contributed by atoms with Crippen LogP contribution in [0.25, 0.3) is 22.1 Å². The van der Waals surface area contributed by atoms with E-state index in [-0.39, 0.29) is 71.3 Å². The number of aromatic hydroxyl groups is 1. The molecule has 10 heteroatoms. The van der Waals surface area contributed by atoms with Gasteiger partial charge in [-0.05, 0) is 23.3 Å².